The Morgan fingerprint density at radius 2 is 2.19 bits per heavy atom. The second-order valence-corrected chi connectivity index (χ2v) is 4.13. The molecule has 3 heteroatoms. The van der Waals surface area contributed by atoms with Gasteiger partial charge in [-0.25, -0.2) is 0 Å². The molecule has 0 unspecified atom stereocenters. The molecule has 1 N–H and O–H groups in total. The molecule has 0 spiro atoms. The van der Waals surface area contributed by atoms with Crippen molar-refractivity contribution in [2.45, 2.75) is 19.9 Å². The van der Waals surface area contributed by atoms with Crippen molar-refractivity contribution in [2.24, 2.45) is 0 Å². The number of fused-ring (bicyclic) bond motifs is 1. The summed E-state index contributed by atoms with van der Waals surface area (Å²) in [5, 5.41) is 4.08. The van der Waals surface area contributed by atoms with Crippen LogP contribution in [0, 0.1) is 0 Å². The molecular weight excluding hydrogens is 202 g/mol. The Labute approximate surface area is 94.4 Å². The first-order chi connectivity index (χ1) is 7.66. The number of hydrogen-bond donors (Lipinski definition) is 1. The maximum absolute atomic E-state index is 11.8. The van der Waals surface area contributed by atoms with E-state index in [-0.39, 0.29) is 5.78 Å². The lowest BCUT2D eigenvalue weighted by Crippen LogP contribution is -2.29. The predicted molar refractivity (Wildman–Crippen MR) is 63.7 cm³/mol. The maximum atomic E-state index is 11.8. The fourth-order valence-corrected chi connectivity index (χ4v) is 1.54. The smallest absolute Gasteiger partial charge is 0.176 e. The SMILES string of the molecule is CC(C)NCC(=O)c1ccc2occc2c1. The molecule has 84 valence electrons. The van der Waals surface area contributed by atoms with Gasteiger partial charge in [0.25, 0.3) is 0 Å². The highest BCUT2D eigenvalue weighted by Crippen LogP contribution is 2.17. The zero-order chi connectivity index (χ0) is 11.5. The molecule has 0 bridgehead atoms. The fourth-order valence-electron chi connectivity index (χ4n) is 1.54. The van der Waals surface area contributed by atoms with Crippen molar-refractivity contribution in [3.63, 3.8) is 0 Å². The van der Waals surface area contributed by atoms with Gasteiger partial charge in [-0.1, -0.05) is 13.8 Å². The third-order valence-corrected chi connectivity index (χ3v) is 2.45. The molecule has 2 aromatic rings. The monoisotopic (exact) mass is 217 g/mol. The zero-order valence-corrected chi connectivity index (χ0v) is 9.49. The minimum absolute atomic E-state index is 0.108. The molecule has 1 heterocycles. The van der Waals surface area contributed by atoms with Crippen molar-refractivity contribution in [3.05, 3.63) is 36.1 Å². The van der Waals surface area contributed by atoms with Crippen LogP contribution in [-0.4, -0.2) is 18.4 Å². The number of hydrogen-bond acceptors (Lipinski definition) is 3. The summed E-state index contributed by atoms with van der Waals surface area (Å²) in [6, 6.07) is 7.68. The van der Waals surface area contributed by atoms with Crippen molar-refractivity contribution in [2.75, 3.05) is 6.54 Å². The van der Waals surface area contributed by atoms with Crippen LogP contribution in [0.15, 0.2) is 34.9 Å². The minimum atomic E-state index is 0.108. The molecule has 0 aliphatic carbocycles. The maximum Gasteiger partial charge on any atom is 0.176 e. The number of benzene rings is 1. The summed E-state index contributed by atoms with van der Waals surface area (Å²) in [6.45, 7) is 4.42. The van der Waals surface area contributed by atoms with Crippen LogP contribution in [0.5, 0.6) is 0 Å². The van der Waals surface area contributed by atoms with E-state index in [1.807, 2.05) is 32.0 Å². The predicted octanol–water partition coefficient (Wildman–Crippen LogP) is 2.61. The largest absolute Gasteiger partial charge is 0.464 e. The van der Waals surface area contributed by atoms with Gasteiger partial charge in [0.05, 0.1) is 12.8 Å². The van der Waals surface area contributed by atoms with Crippen molar-refractivity contribution in [3.8, 4) is 0 Å². The number of rotatable bonds is 4. The van der Waals surface area contributed by atoms with Gasteiger partial charge in [0.15, 0.2) is 5.78 Å². The van der Waals surface area contributed by atoms with E-state index in [0.717, 1.165) is 16.5 Å². The lowest BCUT2D eigenvalue weighted by atomic mass is 10.1. The number of nitrogens with one attached hydrogen (secondary N) is 1. The highest BCUT2D eigenvalue weighted by Gasteiger charge is 2.07. The molecule has 0 atom stereocenters. The molecule has 3 nitrogen and oxygen atoms in total. The van der Waals surface area contributed by atoms with Gasteiger partial charge in [-0.3, -0.25) is 4.79 Å². The summed E-state index contributed by atoms with van der Waals surface area (Å²) in [7, 11) is 0. The standard InChI is InChI=1S/C13H15NO2/c1-9(2)14-8-12(15)10-3-4-13-11(7-10)5-6-16-13/h3-7,9,14H,8H2,1-2H3. The van der Waals surface area contributed by atoms with E-state index in [4.69, 9.17) is 4.42 Å². The average Bonchev–Trinajstić information content (AvgIpc) is 2.72. The van der Waals surface area contributed by atoms with Crippen LogP contribution in [0.2, 0.25) is 0 Å². The Bertz CT molecular complexity index is 499. The van der Waals surface area contributed by atoms with Gasteiger partial charge in [0.1, 0.15) is 5.58 Å². The second kappa shape index (κ2) is 4.49. The molecule has 0 aliphatic rings. The van der Waals surface area contributed by atoms with Crippen molar-refractivity contribution in [1.29, 1.82) is 0 Å². The number of furan rings is 1. The van der Waals surface area contributed by atoms with Gasteiger partial charge in [0.2, 0.25) is 0 Å². The van der Waals surface area contributed by atoms with E-state index < -0.39 is 0 Å². The highest BCUT2D eigenvalue weighted by molar-refractivity contribution is 6.00. The van der Waals surface area contributed by atoms with Crippen LogP contribution in [0.1, 0.15) is 24.2 Å². The summed E-state index contributed by atoms with van der Waals surface area (Å²) in [4.78, 5) is 11.8. The van der Waals surface area contributed by atoms with Gasteiger partial charge >= 0.3 is 0 Å². The van der Waals surface area contributed by atoms with Crippen molar-refractivity contribution >= 4 is 16.8 Å². The Kier molecular flexibility index (Phi) is 3.06. The third kappa shape index (κ3) is 2.31. The quantitative estimate of drug-likeness (QED) is 0.800. The van der Waals surface area contributed by atoms with E-state index in [9.17, 15) is 4.79 Å². The fraction of sp³-hybridized carbons (Fsp3) is 0.308. The van der Waals surface area contributed by atoms with E-state index >= 15 is 0 Å². The second-order valence-electron chi connectivity index (χ2n) is 4.13. The first kappa shape index (κ1) is 10.9. The third-order valence-electron chi connectivity index (χ3n) is 2.45. The van der Waals surface area contributed by atoms with Gasteiger partial charge in [-0.2, -0.15) is 0 Å². The van der Waals surface area contributed by atoms with E-state index in [1.54, 1.807) is 12.3 Å². The summed E-state index contributed by atoms with van der Waals surface area (Å²) in [5.41, 5.74) is 1.54. The number of carbonyl (C=O) groups excluding carboxylic acids is 1. The van der Waals surface area contributed by atoms with Crippen LogP contribution < -0.4 is 5.32 Å². The number of Topliss-reactive ketones (excluding diaryl/α,β-unsaturated/α-hetero) is 1. The molecule has 1 aromatic carbocycles. The highest BCUT2D eigenvalue weighted by atomic mass is 16.3. The zero-order valence-electron chi connectivity index (χ0n) is 9.49. The minimum Gasteiger partial charge on any atom is -0.464 e. The lowest BCUT2D eigenvalue weighted by molar-refractivity contribution is 0.0988. The van der Waals surface area contributed by atoms with Crippen LogP contribution in [-0.2, 0) is 0 Å². The number of ketones is 1. The molecule has 0 fully saturated rings. The molecule has 2 rings (SSSR count). The Balaban J connectivity index is 2.16. The van der Waals surface area contributed by atoms with E-state index in [0.29, 0.717) is 12.6 Å². The average molecular weight is 217 g/mol. The molecule has 0 aliphatic heterocycles. The molecule has 0 saturated heterocycles. The van der Waals surface area contributed by atoms with Crippen molar-refractivity contribution < 1.29 is 9.21 Å². The molecule has 1 aromatic heterocycles. The molecule has 16 heavy (non-hydrogen) atoms. The Morgan fingerprint density at radius 3 is 2.94 bits per heavy atom. The number of carbonyl (C=O) groups is 1. The normalized spacial score (nSPS) is 11.2. The van der Waals surface area contributed by atoms with Crippen LogP contribution in [0.3, 0.4) is 0 Å². The first-order valence-electron chi connectivity index (χ1n) is 5.40. The molecule has 0 saturated carbocycles. The Morgan fingerprint density at radius 1 is 1.38 bits per heavy atom. The first-order valence-corrected chi connectivity index (χ1v) is 5.40. The van der Waals surface area contributed by atoms with Crippen LogP contribution >= 0.6 is 0 Å². The summed E-state index contributed by atoms with van der Waals surface area (Å²) >= 11 is 0. The lowest BCUT2D eigenvalue weighted by Gasteiger charge is -2.06. The van der Waals surface area contributed by atoms with Gasteiger partial charge in [-0.05, 0) is 24.3 Å². The summed E-state index contributed by atoms with van der Waals surface area (Å²) < 4.78 is 5.22. The van der Waals surface area contributed by atoms with Crippen LogP contribution in [0.4, 0.5) is 0 Å². The van der Waals surface area contributed by atoms with E-state index in [2.05, 4.69) is 5.32 Å². The molecular formula is C13H15NO2. The van der Waals surface area contributed by atoms with Crippen molar-refractivity contribution in [1.82, 2.24) is 5.32 Å². The summed E-state index contributed by atoms with van der Waals surface area (Å²) in [5.74, 6) is 0.108. The molecule has 0 radical (unpaired) electrons. The topological polar surface area (TPSA) is 42.2 Å². The van der Waals surface area contributed by atoms with Crippen LogP contribution in [0.25, 0.3) is 11.0 Å². The van der Waals surface area contributed by atoms with Gasteiger partial charge in [-0.15, -0.1) is 0 Å². The van der Waals surface area contributed by atoms with E-state index in [1.165, 1.54) is 0 Å². The van der Waals surface area contributed by atoms with Gasteiger partial charge in [0, 0.05) is 17.0 Å². The molecule has 0 amide bonds. The summed E-state index contributed by atoms with van der Waals surface area (Å²) in [6.07, 6.45) is 1.63. The van der Waals surface area contributed by atoms with Gasteiger partial charge < -0.3 is 9.73 Å². The Hall–Kier alpha value is -1.61.